The van der Waals surface area contributed by atoms with Gasteiger partial charge in [0.05, 0.1) is 0 Å². The summed E-state index contributed by atoms with van der Waals surface area (Å²) in [7, 11) is 1.56. The van der Waals surface area contributed by atoms with E-state index in [9.17, 15) is 4.79 Å². The lowest BCUT2D eigenvalue weighted by Crippen LogP contribution is -2.31. The van der Waals surface area contributed by atoms with E-state index < -0.39 is 6.10 Å². The van der Waals surface area contributed by atoms with E-state index in [0.717, 1.165) is 18.4 Å². The molecule has 0 heterocycles. The maximum Gasteiger partial charge on any atom is 0.253 e. The standard InChI is InChI=1S/C12H15NO2/c1-15-11(9-5-3-2-4-6-9)12(14)13-10-7-8-10/h2-6,10-11H,7-8H2,1H3,(H,13,14)/t11-/m0/s1. The highest BCUT2D eigenvalue weighted by molar-refractivity contribution is 5.82. The Morgan fingerprint density at radius 1 is 1.40 bits per heavy atom. The largest absolute Gasteiger partial charge is 0.367 e. The molecular weight excluding hydrogens is 190 g/mol. The summed E-state index contributed by atoms with van der Waals surface area (Å²) in [6.07, 6.45) is 1.71. The van der Waals surface area contributed by atoms with Crippen molar-refractivity contribution in [3.63, 3.8) is 0 Å². The molecular formula is C12H15NO2. The fourth-order valence-corrected chi connectivity index (χ4v) is 1.53. The molecule has 80 valence electrons. The van der Waals surface area contributed by atoms with E-state index in [4.69, 9.17) is 4.74 Å². The van der Waals surface area contributed by atoms with E-state index in [1.54, 1.807) is 7.11 Å². The van der Waals surface area contributed by atoms with Crippen molar-refractivity contribution in [3.05, 3.63) is 35.9 Å². The lowest BCUT2D eigenvalue weighted by molar-refractivity contribution is -0.131. The Balaban J connectivity index is 2.05. The number of carbonyl (C=O) groups excluding carboxylic acids is 1. The van der Waals surface area contributed by atoms with E-state index in [-0.39, 0.29) is 5.91 Å². The normalized spacial score (nSPS) is 17.1. The summed E-state index contributed by atoms with van der Waals surface area (Å²) in [5.41, 5.74) is 0.901. The van der Waals surface area contributed by atoms with Crippen LogP contribution in [-0.2, 0) is 9.53 Å². The van der Waals surface area contributed by atoms with Gasteiger partial charge in [0.2, 0.25) is 0 Å². The SMILES string of the molecule is CO[C@H](C(=O)NC1CC1)c1ccccc1. The highest BCUT2D eigenvalue weighted by Gasteiger charge is 2.28. The van der Waals surface area contributed by atoms with Crippen LogP contribution < -0.4 is 5.32 Å². The van der Waals surface area contributed by atoms with Gasteiger partial charge < -0.3 is 10.1 Å². The molecule has 1 atom stereocenters. The van der Waals surface area contributed by atoms with Crippen LogP contribution in [0, 0.1) is 0 Å². The van der Waals surface area contributed by atoms with Crippen molar-refractivity contribution in [2.24, 2.45) is 0 Å². The summed E-state index contributed by atoms with van der Waals surface area (Å²) < 4.78 is 5.21. The Labute approximate surface area is 89.4 Å². The molecule has 0 bridgehead atoms. The van der Waals surface area contributed by atoms with Crippen molar-refractivity contribution >= 4 is 5.91 Å². The molecule has 1 aromatic rings. The number of methoxy groups -OCH3 is 1. The first-order valence-electron chi connectivity index (χ1n) is 5.19. The fourth-order valence-electron chi connectivity index (χ4n) is 1.53. The quantitative estimate of drug-likeness (QED) is 0.811. The molecule has 1 amide bonds. The number of rotatable bonds is 4. The summed E-state index contributed by atoms with van der Waals surface area (Å²) in [5, 5.41) is 2.94. The molecule has 0 spiro atoms. The number of nitrogens with one attached hydrogen (secondary N) is 1. The van der Waals surface area contributed by atoms with Crippen LogP contribution in [0.15, 0.2) is 30.3 Å². The summed E-state index contributed by atoms with van der Waals surface area (Å²) in [4.78, 5) is 11.8. The predicted molar refractivity (Wildman–Crippen MR) is 57.4 cm³/mol. The first kappa shape index (κ1) is 10.2. The van der Waals surface area contributed by atoms with Crippen LogP contribution in [0.4, 0.5) is 0 Å². The first-order chi connectivity index (χ1) is 7.31. The van der Waals surface area contributed by atoms with Gasteiger partial charge in [-0.1, -0.05) is 30.3 Å². The smallest absolute Gasteiger partial charge is 0.253 e. The second kappa shape index (κ2) is 4.45. The van der Waals surface area contributed by atoms with Crippen LogP contribution in [-0.4, -0.2) is 19.1 Å². The van der Waals surface area contributed by atoms with Crippen molar-refractivity contribution < 1.29 is 9.53 Å². The summed E-state index contributed by atoms with van der Waals surface area (Å²) >= 11 is 0. The average molecular weight is 205 g/mol. The van der Waals surface area contributed by atoms with Crippen LogP contribution >= 0.6 is 0 Å². The van der Waals surface area contributed by atoms with Crippen molar-refractivity contribution in [1.29, 1.82) is 0 Å². The number of carbonyl (C=O) groups is 1. The number of hydrogen-bond donors (Lipinski definition) is 1. The van der Waals surface area contributed by atoms with E-state index >= 15 is 0 Å². The molecule has 1 N–H and O–H groups in total. The van der Waals surface area contributed by atoms with Crippen LogP contribution in [0.3, 0.4) is 0 Å². The van der Waals surface area contributed by atoms with Crippen LogP contribution in [0.5, 0.6) is 0 Å². The number of amides is 1. The third kappa shape index (κ3) is 2.57. The molecule has 1 saturated carbocycles. The zero-order valence-corrected chi connectivity index (χ0v) is 8.77. The fraction of sp³-hybridized carbons (Fsp3) is 0.417. The Morgan fingerprint density at radius 2 is 2.07 bits per heavy atom. The molecule has 0 radical (unpaired) electrons. The highest BCUT2D eigenvalue weighted by atomic mass is 16.5. The molecule has 0 aromatic heterocycles. The van der Waals surface area contributed by atoms with Gasteiger partial charge >= 0.3 is 0 Å². The van der Waals surface area contributed by atoms with Gasteiger partial charge in [-0.2, -0.15) is 0 Å². The number of hydrogen-bond acceptors (Lipinski definition) is 2. The first-order valence-corrected chi connectivity index (χ1v) is 5.19. The molecule has 0 saturated heterocycles. The van der Waals surface area contributed by atoms with Crippen LogP contribution in [0.25, 0.3) is 0 Å². The van der Waals surface area contributed by atoms with Gasteiger partial charge in [0.15, 0.2) is 6.10 Å². The molecule has 15 heavy (non-hydrogen) atoms. The molecule has 3 heteroatoms. The van der Waals surface area contributed by atoms with Gasteiger partial charge in [-0.15, -0.1) is 0 Å². The second-order valence-corrected chi connectivity index (χ2v) is 3.81. The molecule has 0 aliphatic heterocycles. The number of ether oxygens (including phenoxy) is 1. The van der Waals surface area contributed by atoms with Gasteiger partial charge in [-0.3, -0.25) is 4.79 Å². The third-order valence-electron chi connectivity index (χ3n) is 2.50. The van der Waals surface area contributed by atoms with Crippen LogP contribution in [0.1, 0.15) is 24.5 Å². The summed E-state index contributed by atoms with van der Waals surface area (Å²) in [6.45, 7) is 0. The lowest BCUT2D eigenvalue weighted by atomic mass is 10.1. The molecule has 3 nitrogen and oxygen atoms in total. The van der Waals surface area contributed by atoms with E-state index in [0.29, 0.717) is 6.04 Å². The van der Waals surface area contributed by atoms with Crippen molar-refractivity contribution in [2.45, 2.75) is 25.0 Å². The van der Waals surface area contributed by atoms with Gasteiger partial charge in [0.25, 0.3) is 5.91 Å². The second-order valence-electron chi connectivity index (χ2n) is 3.81. The minimum Gasteiger partial charge on any atom is -0.367 e. The minimum absolute atomic E-state index is 0.0359. The predicted octanol–water partition coefficient (Wildman–Crippen LogP) is 1.65. The highest BCUT2D eigenvalue weighted by Crippen LogP contribution is 2.22. The zero-order chi connectivity index (χ0) is 10.7. The number of benzene rings is 1. The Hall–Kier alpha value is -1.35. The molecule has 1 fully saturated rings. The molecule has 1 aromatic carbocycles. The maximum atomic E-state index is 11.8. The van der Waals surface area contributed by atoms with Crippen LogP contribution in [0.2, 0.25) is 0 Å². The Bertz CT molecular complexity index is 333. The average Bonchev–Trinajstić information content (AvgIpc) is 3.04. The van der Waals surface area contributed by atoms with E-state index in [1.807, 2.05) is 30.3 Å². The van der Waals surface area contributed by atoms with E-state index in [1.165, 1.54) is 0 Å². The molecule has 0 unspecified atom stereocenters. The van der Waals surface area contributed by atoms with Gasteiger partial charge in [0, 0.05) is 13.2 Å². The van der Waals surface area contributed by atoms with Gasteiger partial charge in [-0.25, -0.2) is 0 Å². The molecule has 1 aliphatic carbocycles. The van der Waals surface area contributed by atoms with Gasteiger partial charge in [0.1, 0.15) is 0 Å². The Morgan fingerprint density at radius 3 is 2.60 bits per heavy atom. The Kier molecular flexibility index (Phi) is 3.02. The molecule has 1 aliphatic rings. The van der Waals surface area contributed by atoms with Gasteiger partial charge in [-0.05, 0) is 18.4 Å². The van der Waals surface area contributed by atoms with Crippen molar-refractivity contribution in [3.8, 4) is 0 Å². The lowest BCUT2D eigenvalue weighted by Gasteiger charge is -2.15. The maximum absolute atomic E-state index is 11.8. The summed E-state index contributed by atoms with van der Waals surface area (Å²) in [5.74, 6) is -0.0359. The van der Waals surface area contributed by atoms with Crippen molar-refractivity contribution in [2.75, 3.05) is 7.11 Å². The molecule has 2 rings (SSSR count). The van der Waals surface area contributed by atoms with E-state index in [2.05, 4.69) is 5.32 Å². The third-order valence-corrected chi connectivity index (χ3v) is 2.50. The monoisotopic (exact) mass is 205 g/mol. The summed E-state index contributed by atoms with van der Waals surface area (Å²) in [6, 6.07) is 9.92. The van der Waals surface area contributed by atoms with Crippen molar-refractivity contribution in [1.82, 2.24) is 5.32 Å². The minimum atomic E-state index is -0.480. The zero-order valence-electron chi connectivity index (χ0n) is 8.77. The topological polar surface area (TPSA) is 38.3 Å².